The summed E-state index contributed by atoms with van der Waals surface area (Å²) in [5.41, 5.74) is 0. The van der Waals surface area contributed by atoms with Crippen molar-refractivity contribution in [2.24, 2.45) is 0 Å². The lowest BCUT2D eigenvalue weighted by Crippen LogP contribution is -2.56. The van der Waals surface area contributed by atoms with Crippen LogP contribution in [0.3, 0.4) is 0 Å². The lowest BCUT2D eigenvalue weighted by Gasteiger charge is -2.41. The highest BCUT2D eigenvalue weighted by atomic mass is 28.5. The minimum atomic E-state index is -4.62. The van der Waals surface area contributed by atoms with Gasteiger partial charge in [-0.1, -0.05) is 6.42 Å². The van der Waals surface area contributed by atoms with Gasteiger partial charge in [-0.25, -0.2) is 17.6 Å². The summed E-state index contributed by atoms with van der Waals surface area (Å²) < 4.78 is 231. The van der Waals surface area contributed by atoms with E-state index in [1.807, 2.05) is 0 Å². The van der Waals surface area contributed by atoms with E-state index in [1.54, 1.807) is 0 Å². The molecule has 3 aliphatic heterocycles. The molecular formula is C32H61F17O11Si4. The van der Waals surface area contributed by atoms with E-state index >= 15 is 0 Å². The molecule has 0 radical (unpaired) electrons. The Morgan fingerprint density at radius 3 is 1.39 bits per heavy atom. The maximum atomic E-state index is 12.4. The highest BCUT2D eigenvalue weighted by molar-refractivity contribution is 6.84. The van der Waals surface area contributed by atoms with Crippen LogP contribution < -0.4 is 0 Å². The van der Waals surface area contributed by atoms with E-state index in [1.165, 1.54) is 0 Å². The summed E-state index contributed by atoms with van der Waals surface area (Å²) >= 11 is 0. The molecule has 0 aromatic carbocycles. The van der Waals surface area contributed by atoms with Gasteiger partial charge in [0.25, 0.3) is 9.28 Å². The molecule has 32 heteroatoms. The molecule has 3 fully saturated rings. The summed E-state index contributed by atoms with van der Waals surface area (Å²) in [6, 6.07) is 3.41. The van der Waals surface area contributed by atoms with Crippen LogP contribution in [0.1, 0.15) is 38.5 Å². The number of ether oxygens (including phenoxy) is 5. The summed E-state index contributed by atoms with van der Waals surface area (Å²) in [7, 11) is -9.48. The average Bonchev–Trinajstić information content (AvgIpc) is 4.16. The SMILES string of the molecule is C[SiH]1O[Si](C)(CCCOCCC(F)(F)F)CCCCO[Si](C)(CCCOCC2CO2)O[Si](C)(CCCOCC2CO2)O1.FCC(F)(F)F.FCC(F)(F)F.FCOF.FCOF.FF. The minimum Gasteiger partial charge on any atom is -0.438 e. The molecule has 3 rings (SSSR count). The fraction of sp³-hybridized carbons (Fsp3) is 1.00. The van der Waals surface area contributed by atoms with E-state index < -0.39 is 86.7 Å². The fourth-order valence-electron chi connectivity index (χ4n) is 5.24. The van der Waals surface area contributed by atoms with Crippen LogP contribution in [0.15, 0.2) is 0 Å². The van der Waals surface area contributed by atoms with Crippen molar-refractivity contribution in [3.8, 4) is 0 Å². The van der Waals surface area contributed by atoms with Crippen LogP contribution in [0.2, 0.25) is 50.4 Å². The van der Waals surface area contributed by atoms with Crippen molar-refractivity contribution in [2.45, 2.75) is 120 Å². The van der Waals surface area contributed by atoms with Crippen LogP contribution in [0.5, 0.6) is 0 Å². The van der Waals surface area contributed by atoms with Gasteiger partial charge in [0, 0.05) is 35.6 Å². The van der Waals surface area contributed by atoms with Gasteiger partial charge in [-0.15, -0.1) is 0 Å². The summed E-state index contributed by atoms with van der Waals surface area (Å²) in [5, 5.41) is 0. The molecule has 0 bridgehead atoms. The first-order valence-electron chi connectivity index (χ1n) is 19.5. The monoisotopic (exact) mass is 1060 g/mol. The zero-order valence-corrected chi connectivity index (χ0v) is 40.1. The van der Waals surface area contributed by atoms with Gasteiger partial charge in [-0.3, -0.25) is 0 Å². The molecular weight excluding hydrogens is 996 g/mol. The molecule has 0 aromatic rings. The van der Waals surface area contributed by atoms with Gasteiger partial charge in [0.15, 0.2) is 21.7 Å². The van der Waals surface area contributed by atoms with Gasteiger partial charge < -0.3 is 40.5 Å². The lowest BCUT2D eigenvalue weighted by molar-refractivity contribution is -0.167. The van der Waals surface area contributed by atoms with Crippen molar-refractivity contribution in [2.75, 3.05) is 86.5 Å². The van der Waals surface area contributed by atoms with Gasteiger partial charge >= 0.3 is 35.7 Å². The van der Waals surface area contributed by atoms with Gasteiger partial charge in [0.1, 0.15) is 12.2 Å². The van der Waals surface area contributed by atoms with E-state index in [0.717, 1.165) is 63.1 Å². The van der Waals surface area contributed by atoms with Gasteiger partial charge in [0.05, 0.1) is 39.5 Å². The molecule has 11 nitrogen and oxygen atoms in total. The van der Waals surface area contributed by atoms with Crippen molar-refractivity contribution < 1.29 is 126 Å². The first-order valence-corrected chi connectivity index (χ1v) is 29.5. The van der Waals surface area contributed by atoms with Crippen LogP contribution in [0, 0.1) is 0 Å². The predicted molar refractivity (Wildman–Crippen MR) is 205 cm³/mol. The molecule has 3 saturated heterocycles. The van der Waals surface area contributed by atoms with E-state index in [2.05, 4.69) is 36.1 Å². The molecule has 64 heavy (non-hydrogen) atoms. The van der Waals surface area contributed by atoms with Gasteiger partial charge in [-0.2, -0.15) is 49.4 Å². The molecule has 0 amide bonds. The second-order valence-electron chi connectivity index (χ2n) is 14.2. The third kappa shape index (κ3) is 47.7. The topological polar surface area (TPSA) is 108 Å². The number of epoxide rings is 2. The van der Waals surface area contributed by atoms with E-state index in [0.29, 0.717) is 46.1 Å². The summed E-state index contributed by atoms with van der Waals surface area (Å²) in [6.07, 6.45) is -9.58. The Hall–Kier alpha value is -0.762. The number of hydrogen-bond acceptors (Lipinski definition) is 11. The molecule has 390 valence electrons. The highest BCUT2D eigenvalue weighted by Gasteiger charge is 2.45. The van der Waals surface area contributed by atoms with Crippen LogP contribution in [0.4, 0.5) is 75.3 Å². The van der Waals surface area contributed by atoms with Crippen LogP contribution in [-0.4, -0.2) is 152 Å². The molecule has 0 spiro atoms. The van der Waals surface area contributed by atoms with Gasteiger partial charge in [-0.05, 0) is 85.1 Å². The Kier molecular flexibility index (Phi) is 40.2. The zero-order chi connectivity index (χ0) is 49.8. The first kappa shape index (κ1) is 67.5. The second-order valence-corrected chi connectivity index (χ2v) is 27.8. The van der Waals surface area contributed by atoms with E-state index in [9.17, 15) is 66.1 Å². The number of rotatable bonds is 20. The highest BCUT2D eigenvalue weighted by Crippen LogP contribution is 2.31. The molecule has 0 aliphatic carbocycles. The third-order valence-corrected chi connectivity index (χ3v) is 24.5. The Bertz CT molecular complexity index is 1050. The van der Waals surface area contributed by atoms with Crippen molar-refractivity contribution in [3.05, 3.63) is 0 Å². The second kappa shape index (κ2) is 38.1. The quantitative estimate of drug-likeness (QED) is 0.0503. The molecule has 0 saturated carbocycles. The Morgan fingerprint density at radius 2 is 1.00 bits per heavy atom. The van der Waals surface area contributed by atoms with Gasteiger partial charge in [0.2, 0.25) is 13.7 Å². The minimum absolute atomic E-state index is 0.239. The van der Waals surface area contributed by atoms with Crippen LogP contribution in [0.25, 0.3) is 0 Å². The lowest BCUT2D eigenvalue weighted by atomic mass is 10.4. The predicted octanol–water partition coefficient (Wildman–Crippen LogP) is 10.9. The maximum absolute atomic E-state index is 12.4. The molecule has 3 aliphatic rings. The number of halogens is 17. The Morgan fingerprint density at radius 1 is 0.594 bits per heavy atom. The molecule has 0 N–H and O–H groups in total. The fourth-order valence-corrected chi connectivity index (χ4v) is 23.1. The average molecular weight is 1060 g/mol. The van der Waals surface area contributed by atoms with Crippen molar-refractivity contribution in [1.29, 1.82) is 0 Å². The van der Waals surface area contributed by atoms with Crippen molar-refractivity contribution in [3.63, 3.8) is 0 Å². The smallest absolute Gasteiger partial charge is 0.416 e. The number of alkyl halides is 13. The molecule has 3 heterocycles. The van der Waals surface area contributed by atoms with Crippen LogP contribution >= 0.6 is 0 Å². The molecule has 6 atom stereocenters. The summed E-state index contributed by atoms with van der Waals surface area (Å²) in [4.78, 5) is 4.75. The maximum Gasteiger partial charge on any atom is 0.416 e. The standard InChI is InChI=1S/C26H53F3O9Si4.2C2H2F4.2CH2F2O.F2/c1-39-36-40(2,17-7-11-30-15-10-26(27,28)29)16-6-5-14-35-41(3,18-8-12-31-20-24-22-33-24)38-42(4,37-39)19-9-13-32-21-25-23-34-25;2*3-1-2(4,5)6;2*2-1-4-3;1-2/h24-25,39H,5-23H2,1-4H3;2*1H2;2*1H2;. The largest absolute Gasteiger partial charge is 0.438 e. The first-order chi connectivity index (χ1) is 29.8. The Balaban J connectivity index is -0.00000140. The Labute approximate surface area is 366 Å². The summed E-state index contributed by atoms with van der Waals surface area (Å²) in [6.45, 7) is 6.21. The zero-order valence-electron chi connectivity index (χ0n) is 35.9. The summed E-state index contributed by atoms with van der Waals surface area (Å²) in [5.74, 6) is 0. The normalized spacial score (nSPS) is 25.9. The van der Waals surface area contributed by atoms with Crippen LogP contribution in [-0.2, 0) is 50.3 Å². The van der Waals surface area contributed by atoms with Crippen molar-refractivity contribution in [1.82, 2.24) is 0 Å². The van der Waals surface area contributed by atoms with Crippen molar-refractivity contribution >= 4 is 34.7 Å². The molecule has 0 aromatic heterocycles. The van der Waals surface area contributed by atoms with E-state index in [-0.39, 0.29) is 18.8 Å². The number of hydrogen-bond donors (Lipinski definition) is 0. The third-order valence-electron chi connectivity index (χ3n) is 7.97. The molecule has 6 unspecified atom stereocenters. The van der Waals surface area contributed by atoms with E-state index in [4.69, 9.17) is 49.6 Å².